The van der Waals surface area contributed by atoms with E-state index < -0.39 is 0 Å². The van der Waals surface area contributed by atoms with Crippen LogP contribution in [0.15, 0.2) is 54.6 Å². The molecule has 0 radical (unpaired) electrons. The summed E-state index contributed by atoms with van der Waals surface area (Å²) in [5.74, 6) is 0.989. The lowest BCUT2D eigenvalue weighted by molar-refractivity contribution is -0.115. The predicted molar refractivity (Wildman–Crippen MR) is 99.4 cm³/mol. The molecule has 0 fully saturated rings. The third-order valence-electron chi connectivity index (χ3n) is 3.15. The Morgan fingerprint density at radius 2 is 1.62 bits per heavy atom. The van der Waals surface area contributed by atoms with Crippen molar-refractivity contribution in [3.8, 4) is 11.5 Å². The number of amides is 1. The van der Waals surface area contributed by atoms with Gasteiger partial charge in [0.25, 0.3) is 0 Å². The van der Waals surface area contributed by atoms with Gasteiger partial charge in [0.05, 0.1) is 19.9 Å². The van der Waals surface area contributed by atoms with E-state index in [1.165, 1.54) is 6.08 Å². The lowest BCUT2D eigenvalue weighted by Gasteiger charge is -2.11. The molecule has 0 unspecified atom stereocenters. The van der Waals surface area contributed by atoms with E-state index in [1.807, 2.05) is 42.5 Å². The molecule has 1 amide bonds. The highest BCUT2D eigenvalue weighted by Gasteiger charge is 2.06. The minimum absolute atomic E-state index is 0.189. The van der Waals surface area contributed by atoms with Gasteiger partial charge in [-0.25, -0.2) is 0 Å². The molecule has 0 aromatic heterocycles. The van der Waals surface area contributed by atoms with Crippen molar-refractivity contribution in [1.29, 1.82) is 0 Å². The molecule has 2 rings (SSSR count). The van der Waals surface area contributed by atoms with Gasteiger partial charge < -0.3 is 14.8 Å². The Hall–Kier alpha value is -2.86. The third kappa shape index (κ3) is 4.82. The number of carbonyl (C=O) groups is 1. The summed E-state index contributed by atoms with van der Waals surface area (Å²) in [7, 11) is 3.15. The fourth-order valence-corrected chi connectivity index (χ4v) is 2.24. The summed E-state index contributed by atoms with van der Waals surface area (Å²) in [5, 5.41) is 5.70. The summed E-state index contributed by atoms with van der Waals surface area (Å²) >= 11 is 5.14. The van der Waals surface area contributed by atoms with E-state index >= 15 is 0 Å². The second-order valence-electron chi connectivity index (χ2n) is 4.72. The molecular formula is C18H18N2O3S. The van der Waals surface area contributed by atoms with Crippen molar-refractivity contribution in [2.75, 3.05) is 19.5 Å². The van der Waals surface area contributed by atoms with Crippen LogP contribution in [0.1, 0.15) is 5.56 Å². The average molecular weight is 342 g/mol. The van der Waals surface area contributed by atoms with Gasteiger partial charge in [-0.2, -0.15) is 0 Å². The van der Waals surface area contributed by atoms with Crippen molar-refractivity contribution in [2.45, 2.75) is 0 Å². The number of hydrogen-bond acceptors (Lipinski definition) is 4. The Kier molecular flexibility index (Phi) is 6.33. The normalized spacial score (nSPS) is 10.2. The topological polar surface area (TPSA) is 59.6 Å². The van der Waals surface area contributed by atoms with Crippen molar-refractivity contribution in [3.63, 3.8) is 0 Å². The minimum Gasteiger partial charge on any atom is -0.496 e. The van der Waals surface area contributed by atoms with E-state index in [0.29, 0.717) is 17.2 Å². The number of carbonyl (C=O) groups excluding carboxylic acids is 1. The van der Waals surface area contributed by atoms with E-state index in [2.05, 4.69) is 10.6 Å². The van der Waals surface area contributed by atoms with Crippen LogP contribution >= 0.6 is 12.2 Å². The number of ether oxygens (including phenoxy) is 2. The zero-order valence-corrected chi connectivity index (χ0v) is 14.2. The van der Waals surface area contributed by atoms with E-state index in [0.717, 1.165) is 5.56 Å². The molecule has 0 saturated heterocycles. The average Bonchev–Trinajstić information content (AvgIpc) is 2.60. The van der Waals surface area contributed by atoms with Crippen LogP contribution in [0.25, 0.3) is 6.08 Å². The van der Waals surface area contributed by atoms with E-state index in [4.69, 9.17) is 21.7 Å². The second-order valence-corrected chi connectivity index (χ2v) is 5.13. The molecule has 0 spiro atoms. The van der Waals surface area contributed by atoms with Gasteiger partial charge in [0, 0.05) is 11.6 Å². The van der Waals surface area contributed by atoms with Crippen LogP contribution in [0, 0.1) is 0 Å². The molecule has 2 aromatic rings. The van der Waals surface area contributed by atoms with Gasteiger partial charge in [-0.15, -0.1) is 0 Å². The van der Waals surface area contributed by atoms with Crippen LogP contribution in [0.3, 0.4) is 0 Å². The summed E-state index contributed by atoms with van der Waals surface area (Å²) < 4.78 is 10.4. The van der Waals surface area contributed by atoms with E-state index in [9.17, 15) is 4.79 Å². The standard InChI is InChI=1S/C18H18N2O3S/c1-22-15-9-5-3-7-13(15)11-12-17(21)20-18(24)19-14-8-4-6-10-16(14)23-2/h3-12H,1-2H3,(H2,19,20,21,24)/b12-11+. The lowest BCUT2D eigenvalue weighted by Crippen LogP contribution is -2.32. The number of para-hydroxylation sites is 3. The van der Waals surface area contributed by atoms with E-state index in [1.54, 1.807) is 26.4 Å². The molecule has 0 aliphatic carbocycles. The first-order chi connectivity index (χ1) is 11.6. The molecule has 0 saturated carbocycles. The monoisotopic (exact) mass is 342 g/mol. The maximum Gasteiger partial charge on any atom is 0.250 e. The second kappa shape index (κ2) is 8.69. The molecule has 0 atom stereocenters. The number of hydrogen-bond donors (Lipinski definition) is 2. The number of rotatable bonds is 5. The Bertz CT molecular complexity index is 759. The summed E-state index contributed by atoms with van der Waals surface area (Å²) in [4.78, 5) is 12.0. The fourth-order valence-electron chi connectivity index (χ4n) is 2.02. The Labute approximate surface area is 146 Å². The zero-order valence-electron chi connectivity index (χ0n) is 13.4. The molecule has 2 N–H and O–H groups in total. The highest BCUT2D eigenvalue weighted by Crippen LogP contribution is 2.22. The molecule has 2 aromatic carbocycles. The summed E-state index contributed by atoms with van der Waals surface area (Å²) in [5.41, 5.74) is 1.48. The third-order valence-corrected chi connectivity index (χ3v) is 3.35. The van der Waals surface area contributed by atoms with Crippen molar-refractivity contribution < 1.29 is 14.3 Å². The number of methoxy groups -OCH3 is 2. The first-order valence-electron chi connectivity index (χ1n) is 7.20. The predicted octanol–water partition coefficient (Wildman–Crippen LogP) is 3.23. The van der Waals surface area contributed by atoms with E-state index in [-0.39, 0.29) is 11.0 Å². The SMILES string of the molecule is COc1ccccc1/C=C/C(=O)NC(=S)Nc1ccccc1OC. The van der Waals surface area contributed by atoms with Gasteiger partial charge in [-0.3, -0.25) is 10.1 Å². The summed E-state index contributed by atoms with van der Waals surface area (Å²) in [6.07, 6.45) is 3.06. The molecule has 5 nitrogen and oxygen atoms in total. The largest absolute Gasteiger partial charge is 0.496 e. The molecule has 124 valence electrons. The first kappa shape index (κ1) is 17.5. The minimum atomic E-state index is -0.340. The Balaban J connectivity index is 1.96. The Morgan fingerprint density at radius 1 is 1.00 bits per heavy atom. The smallest absolute Gasteiger partial charge is 0.250 e. The number of nitrogens with one attached hydrogen (secondary N) is 2. The number of benzene rings is 2. The molecule has 24 heavy (non-hydrogen) atoms. The summed E-state index contributed by atoms with van der Waals surface area (Å²) in [6.45, 7) is 0. The van der Waals surface area contributed by atoms with Crippen molar-refractivity contribution in [3.05, 3.63) is 60.2 Å². The first-order valence-corrected chi connectivity index (χ1v) is 7.61. The highest BCUT2D eigenvalue weighted by atomic mass is 32.1. The summed E-state index contributed by atoms with van der Waals surface area (Å²) in [6, 6.07) is 14.7. The van der Waals surface area contributed by atoms with Crippen molar-refractivity contribution >= 4 is 35.0 Å². The highest BCUT2D eigenvalue weighted by molar-refractivity contribution is 7.80. The molecule has 0 aliphatic heterocycles. The van der Waals surface area contributed by atoms with Gasteiger partial charge in [-0.05, 0) is 36.5 Å². The van der Waals surface area contributed by atoms with Crippen LogP contribution in [-0.2, 0) is 4.79 Å². The van der Waals surface area contributed by atoms with Gasteiger partial charge >= 0.3 is 0 Å². The maximum atomic E-state index is 12.0. The molecule has 6 heteroatoms. The van der Waals surface area contributed by atoms with Crippen LogP contribution in [0.4, 0.5) is 5.69 Å². The van der Waals surface area contributed by atoms with Crippen LogP contribution in [0.5, 0.6) is 11.5 Å². The fraction of sp³-hybridized carbons (Fsp3) is 0.111. The Morgan fingerprint density at radius 3 is 2.33 bits per heavy atom. The zero-order chi connectivity index (χ0) is 17.4. The van der Waals surface area contributed by atoms with Crippen molar-refractivity contribution in [1.82, 2.24) is 5.32 Å². The molecule has 0 heterocycles. The van der Waals surface area contributed by atoms with Gasteiger partial charge in [0.1, 0.15) is 11.5 Å². The van der Waals surface area contributed by atoms with Gasteiger partial charge in [0.15, 0.2) is 5.11 Å². The quantitative estimate of drug-likeness (QED) is 0.645. The van der Waals surface area contributed by atoms with Crippen LogP contribution in [-0.4, -0.2) is 25.2 Å². The van der Waals surface area contributed by atoms with Gasteiger partial charge in [0.2, 0.25) is 5.91 Å². The molecule has 0 aliphatic rings. The number of anilines is 1. The molecular weight excluding hydrogens is 324 g/mol. The van der Waals surface area contributed by atoms with Gasteiger partial charge in [-0.1, -0.05) is 30.3 Å². The van der Waals surface area contributed by atoms with Crippen LogP contribution < -0.4 is 20.1 Å². The molecule has 0 bridgehead atoms. The maximum absolute atomic E-state index is 12.0. The van der Waals surface area contributed by atoms with Crippen molar-refractivity contribution in [2.24, 2.45) is 0 Å². The number of thiocarbonyl (C=S) groups is 1. The lowest BCUT2D eigenvalue weighted by atomic mass is 10.2. The van der Waals surface area contributed by atoms with Crippen LogP contribution in [0.2, 0.25) is 0 Å².